The lowest BCUT2D eigenvalue weighted by atomic mass is 11.3. The monoisotopic (exact) mass is 122 g/mol. The van der Waals surface area contributed by atoms with Crippen molar-refractivity contribution in [1.82, 2.24) is 0 Å². The van der Waals surface area contributed by atoms with Gasteiger partial charge in [-0.05, 0) is 0 Å². The predicted molar refractivity (Wildman–Crippen MR) is 33.1 cm³/mol. The Kier molecular flexibility index (Phi) is 2.94. The smallest absolute Gasteiger partial charge is 0.142 e. The largest absolute Gasteiger partial charge is 0.171 e. The number of halogens is 1. The van der Waals surface area contributed by atoms with Crippen LogP contribution in [0, 0.1) is 0 Å². The maximum absolute atomic E-state index is 5.54. The minimum atomic E-state index is -0.775. The van der Waals surface area contributed by atoms with Gasteiger partial charge in [-0.2, -0.15) is 11.1 Å². The molecule has 0 heterocycles. The van der Waals surface area contributed by atoms with E-state index in [1.54, 1.807) is 0 Å². The second-order valence-corrected chi connectivity index (χ2v) is 10.7. The van der Waals surface area contributed by atoms with Crippen molar-refractivity contribution in [2.75, 3.05) is 0 Å². The van der Waals surface area contributed by atoms with E-state index in [2.05, 4.69) is 6.58 Å². The van der Waals surface area contributed by atoms with E-state index >= 15 is 0 Å². The SMILES string of the molecule is C=C[SiH]([SiH3])Cl. The Labute approximate surface area is 41.4 Å². The average molecular weight is 123 g/mol. The molecule has 0 aromatic heterocycles. The highest BCUT2D eigenvalue weighted by molar-refractivity contribution is 7.33. The van der Waals surface area contributed by atoms with Gasteiger partial charge in [0.1, 0.15) is 7.62 Å². The van der Waals surface area contributed by atoms with Gasteiger partial charge in [-0.15, -0.1) is 6.58 Å². The molecule has 0 saturated carbocycles. The van der Waals surface area contributed by atoms with Crippen LogP contribution in [0.2, 0.25) is 0 Å². The quantitative estimate of drug-likeness (QED) is 0.326. The first kappa shape index (κ1) is 5.46. The maximum Gasteiger partial charge on any atom is 0.142 e. The molecule has 5 heavy (non-hydrogen) atoms. The highest BCUT2D eigenvalue weighted by atomic mass is 35.6. The Hall–Kier alpha value is 0.464. The summed E-state index contributed by atoms with van der Waals surface area (Å²) in [5.74, 6) is 0. The fourth-order valence-corrected chi connectivity index (χ4v) is 0. The van der Waals surface area contributed by atoms with Gasteiger partial charge in [-0.1, -0.05) is 5.70 Å². The maximum atomic E-state index is 5.54. The molecule has 30 valence electrons. The van der Waals surface area contributed by atoms with Gasteiger partial charge in [0.2, 0.25) is 0 Å². The molecule has 0 nitrogen and oxygen atoms in total. The highest BCUT2D eigenvalue weighted by Crippen LogP contribution is 1.77. The summed E-state index contributed by atoms with van der Waals surface area (Å²) in [6.45, 7) is 3.52. The molecule has 0 aromatic rings. The van der Waals surface area contributed by atoms with Crippen molar-refractivity contribution in [2.24, 2.45) is 0 Å². The lowest BCUT2D eigenvalue weighted by Gasteiger charge is -1.77. The highest BCUT2D eigenvalue weighted by Gasteiger charge is 1.81. The Balaban J connectivity index is 2.83. The van der Waals surface area contributed by atoms with Crippen LogP contribution in [0.3, 0.4) is 0 Å². The van der Waals surface area contributed by atoms with Gasteiger partial charge in [0.15, 0.2) is 0 Å². The Bertz CT molecular complexity index is 34.6. The third kappa shape index (κ3) is 4.46. The molecule has 0 fully saturated rings. The number of rotatable bonds is 1. The third-order valence-corrected chi connectivity index (χ3v) is 2.92. The standard InChI is InChI=1S/C2H7ClSi2/c1-2-5(3)4/h2,5H,1H2,4H3. The van der Waals surface area contributed by atoms with Crippen molar-refractivity contribution in [2.45, 2.75) is 0 Å². The van der Waals surface area contributed by atoms with Crippen molar-refractivity contribution < 1.29 is 0 Å². The molecule has 3 heteroatoms. The van der Waals surface area contributed by atoms with E-state index < -0.39 is 7.62 Å². The van der Waals surface area contributed by atoms with Gasteiger partial charge in [0.25, 0.3) is 0 Å². The summed E-state index contributed by atoms with van der Waals surface area (Å²) < 4.78 is 0. The van der Waals surface area contributed by atoms with Crippen LogP contribution in [-0.4, -0.2) is 17.4 Å². The molecule has 0 bridgehead atoms. The van der Waals surface area contributed by atoms with Crippen LogP contribution in [0.5, 0.6) is 0 Å². The summed E-state index contributed by atoms with van der Waals surface area (Å²) in [5.41, 5.74) is 1.88. The minimum absolute atomic E-state index is 0.775. The normalized spacial score (nSPS) is 14.6. The molecule has 0 saturated heterocycles. The second-order valence-electron chi connectivity index (χ2n) is 0.913. The van der Waals surface area contributed by atoms with Crippen LogP contribution in [0.15, 0.2) is 12.3 Å². The summed E-state index contributed by atoms with van der Waals surface area (Å²) in [4.78, 5) is 0. The lowest BCUT2D eigenvalue weighted by molar-refractivity contribution is 2.58. The van der Waals surface area contributed by atoms with E-state index in [0.29, 0.717) is 0 Å². The van der Waals surface area contributed by atoms with Gasteiger partial charge < -0.3 is 0 Å². The Morgan fingerprint density at radius 3 is 2.20 bits per heavy atom. The third-order valence-electron chi connectivity index (χ3n) is 0.325. The summed E-state index contributed by atoms with van der Waals surface area (Å²) in [6.07, 6.45) is 0. The van der Waals surface area contributed by atoms with Gasteiger partial charge in [-0.3, -0.25) is 0 Å². The van der Waals surface area contributed by atoms with E-state index in [-0.39, 0.29) is 0 Å². The first-order chi connectivity index (χ1) is 2.27. The van der Waals surface area contributed by atoms with E-state index in [1.165, 1.54) is 0 Å². The van der Waals surface area contributed by atoms with Crippen molar-refractivity contribution in [3.63, 3.8) is 0 Å². The molecule has 0 amide bonds. The topological polar surface area (TPSA) is 0 Å². The summed E-state index contributed by atoms with van der Waals surface area (Å²) >= 11 is 5.54. The summed E-state index contributed by atoms with van der Waals surface area (Å²) in [6, 6.07) is 0. The molecule has 0 spiro atoms. The van der Waals surface area contributed by atoms with Crippen LogP contribution in [0.1, 0.15) is 0 Å². The van der Waals surface area contributed by atoms with Crippen molar-refractivity contribution >= 4 is 28.5 Å². The molecule has 1 atom stereocenters. The van der Waals surface area contributed by atoms with Crippen molar-refractivity contribution in [3.05, 3.63) is 12.3 Å². The zero-order valence-electron chi connectivity index (χ0n) is 3.24. The van der Waals surface area contributed by atoms with Crippen molar-refractivity contribution in [3.8, 4) is 0 Å². The molecule has 0 N–H and O–H groups in total. The second kappa shape index (κ2) is 2.69. The first-order valence-electron chi connectivity index (χ1n) is 1.54. The van der Waals surface area contributed by atoms with Crippen LogP contribution >= 0.6 is 11.1 Å². The first-order valence-corrected chi connectivity index (χ1v) is 8.57. The van der Waals surface area contributed by atoms with Crippen LogP contribution in [0.25, 0.3) is 0 Å². The zero-order chi connectivity index (χ0) is 4.28. The molecule has 0 aliphatic heterocycles. The van der Waals surface area contributed by atoms with E-state index in [4.69, 9.17) is 11.1 Å². The molecular formula is C2H7ClSi2. The van der Waals surface area contributed by atoms with E-state index in [9.17, 15) is 0 Å². The number of hydrogen-bond acceptors (Lipinski definition) is 0. The lowest BCUT2D eigenvalue weighted by Crippen LogP contribution is -1.94. The van der Waals surface area contributed by atoms with Gasteiger partial charge in [-0.25, -0.2) is 0 Å². The van der Waals surface area contributed by atoms with E-state index in [0.717, 1.165) is 9.76 Å². The molecule has 0 rings (SSSR count). The van der Waals surface area contributed by atoms with Gasteiger partial charge in [0.05, 0.1) is 0 Å². The van der Waals surface area contributed by atoms with E-state index in [1.807, 2.05) is 5.70 Å². The molecule has 1 unspecified atom stereocenters. The molecule has 0 aliphatic carbocycles. The summed E-state index contributed by atoms with van der Waals surface area (Å²) in [7, 11) is 0.381. The Morgan fingerprint density at radius 2 is 2.20 bits per heavy atom. The average Bonchev–Trinajstić information content (AvgIpc) is 1.38. The van der Waals surface area contributed by atoms with Crippen LogP contribution in [-0.2, 0) is 0 Å². The van der Waals surface area contributed by atoms with Crippen LogP contribution < -0.4 is 0 Å². The van der Waals surface area contributed by atoms with Gasteiger partial charge >= 0.3 is 0 Å². The minimum Gasteiger partial charge on any atom is -0.171 e. The molecule has 0 aromatic carbocycles. The van der Waals surface area contributed by atoms with Crippen LogP contribution in [0.4, 0.5) is 0 Å². The van der Waals surface area contributed by atoms with Crippen molar-refractivity contribution in [1.29, 1.82) is 0 Å². The summed E-state index contributed by atoms with van der Waals surface area (Å²) in [5, 5.41) is 0. The van der Waals surface area contributed by atoms with Gasteiger partial charge in [0, 0.05) is 9.76 Å². The fraction of sp³-hybridized carbons (Fsp3) is 0. The predicted octanol–water partition coefficient (Wildman–Crippen LogP) is -0.464. The number of hydrogen-bond donors (Lipinski definition) is 0. The fourth-order valence-electron chi connectivity index (χ4n) is 0. The molecule has 0 aliphatic rings. The zero-order valence-corrected chi connectivity index (χ0v) is 7.15. The molecular weight excluding hydrogens is 116 g/mol. The molecule has 0 radical (unpaired) electrons. The Morgan fingerprint density at radius 1 is 2.00 bits per heavy atom.